The van der Waals surface area contributed by atoms with Crippen molar-refractivity contribution in [2.45, 2.75) is 143 Å². The van der Waals surface area contributed by atoms with Crippen LogP contribution in [0.2, 0.25) is 0 Å². The molecule has 0 saturated heterocycles. The molecule has 0 spiro atoms. The minimum Gasteiger partial charge on any atom is -0.358 e. The van der Waals surface area contributed by atoms with E-state index in [4.69, 9.17) is 0 Å². The van der Waals surface area contributed by atoms with E-state index in [1.165, 1.54) is 70.6 Å². The minimum atomic E-state index is -1.16. The molecule has 1 unspecified atom stereocenters. The molecule has 0 amide bonds. The minimum absolute atomic E-state index is 0.199. The highest BCUT2D eigenvalue weighted by Gasteiger charge is 2.51. The first-order chi connectivity index (χ1) is 15.5. The second-order valence-corrected chi connectivity index (χ2v) is 13.8. The normalized spacial score (nSPS) is 19.6. The summed E-state index contributed by atoms with van der Waals surface area (Å²) in [6, 6.07) is 0. The molecule has 0 fully saturated rings. The van der Waals surface area contributed by atoms with E-state index in [-0.39, 0.29) is 11.0 Å². The van der Waals surface area contributed by atoms with Gasteiger partial charge in [-0.2, -0.15) is 0 Å². The fourth-order valence-electron chi connectivity index (χ4n) is 4.22. The highest BCUT2D eigenvalue weighted by molar-refractivity contribution is 8.03. The fraction of sp³-hybridized carbons (Fsp3) is 0.926. The Bertz CT molecular complexity index is 607. The van der Waals surface area contributed by atoms with Gasteiger partial charge >= 0.3 is 0 Å². The lowest BCUT2D eigenvalue weighted by atomic mass is 9.84. The molecule has 0 aliphatic carbocycles. The first-order valence-electron chi connectivity index (χ1n) is 13.4. The van der Waals surface area contributed by atoms with E-state index in [9.17, 15) is 5.11 Å². The predicted molar refractivity (Wildman–Crippen MR) is 150 cm³/mol. The molecule has 0 radical (unpaired) electrons. The molecular formula is C27H53N3OS2. The van der Waals surface area contributed by atoms with Crippen molar-refractivity contribution in [1.29, 1.82) is 0 Å². The molecule has 1 aliphatic heterocycles. The van der Waals surface area contributed by atoms with Gasteiger partial charge in [0.15, 0.2) is 0 Å². The van der Waals surface area contributed by atoms with E-state index in [0.717, 1.165) is 28.5 Å². The third kappa shape index (κ3) is 10.5. The van der Waals surface area contributed by atoms with E-state index in [2.05, 4.69) is 65.7 Å². The van der Waals surface area contributed by atoms with Crippen molar-refractivity contribution < 1.29 is 5.11 Å². The lowest BCUT2D eigenvalue weighted by Gasteiger charge is -2.49. The van der Waals surface area contributed by atoms with Gasteiger partial charge < -0.3 is 5.11 Å². The largest absolute Gasteiger partial charge is 0.358 e. The smallest absolute Gasteiger partial charge is 0.230 e. The van der Waals surface area contributed by atoms with Gasteiger partial charge in [0.25, 0.3) is 0 Å². The molecule has 1 atom stereocenters. The van der Waals surface area contributed by atoms with Crippen LogP contribution in [0, 0.1) is 5.41 Å². The number of hydrogen-bond acceptors (Lipinski definition) is 6. The number of aliphatic hydroxyl groups is 1. The molecule has 33 heavy (non-hydrogen) atoms. The van der Waals surface area contributed by atoms with Gasteiger partial charge in [0.1, 0.15) is 5.03 Å². The van der Waals surface area contributed by atoms with Gasteiger partial charge in [-0.25, -0.2) is 5.01 Å². The molecule has 0 aromatic heterocycles. The maximum atomic E-state index is 12.2. The van der Waals surface area contributed by atoms with Gasteiger partial charge in [0, 0.05) is 5.57 Å². The van der Waals surface area contributed by atoms with Crippen LogP contribution in [0.25, 0.3) is 0 Å². The Balaban J connectivity index is 2.95. The van der Waals surface area contributed by atoms with Crippen LogP contribution in [-0.4, -0.2) is 32.2 Å². The first kappa shape index (κ1) is 30.8. The Hall–Kier alpha value is -0.200. The average Bonchev–Trinajstić information content (AvgIpc) is 2.70. The maximum absolute atomic E-state index is 12.2. The van der Waals surface area contributed by atoms with E-state index in [1.807, 2.05) is 5.01 Å². The molecule has 1 rings (SSSR count). The van der Waals surface area contributed by atoms with E-state index in [0.29, 0.717) is 0 Å². The number of rotatable bonds is 16. The monoisotopic (exact) mass is 499 g/mol. The molecule has 1 N–H and O–H groups in total. The Labute approximate surface area is 214 Å². The molecule has 6 heteroatoms. The van der Waals surface area contributed by atoms with Crippen molar-refractivity contribution in [3.05, 3.63) is 10.6 Å². The van der Waals surface area contributed by atoms with Gasteiger partial charge in [-0.3, -0.25) is 0 Å². The van der Waals surface area contributed by atoms with Crippen LogP contribution in [0.3, 0.4) is 0 Å². The Kier molecular flexibility index (Phi) is 14.0. The van der Waals surface area contributed by atoms with Crippen LogP contribution in [0.4, 0.5) is 0 Å². The van der Waals surface area contributed by atoms with Crippen molar-refractivity contribution in [1.82, 2.24) is 5.01 Å². The van der Waals surface area contributed by atoms with Crippen molar-refractivity contribution in [2.24, 2.45) is 15.8 Å². The van der Waals surface area contributed by atoms with Crippen molar-refractivity contribution in [2.75, 3.05) is 11.5 Å². The van der Waals surface area contributed by atoms with Gasteiger partial charge in [-0.15, -0.1) is 16.9 Å². The molecule has 0 aromatic rings. The second kappa shape index (κ2) is 15.0. The summed E-state index contributed by atoms with van der Waals surface area (Å²) in [5, 5.41) is 23.1. The third-order valence-electron chi connectivity index (χ3n) is 5.97. The van der Waals surface area contributed by atoms with Crippen molar-refractivity contribution in [3.63, 3.8) is 0 Å². The van der Waals surface area contributed by atoms with Gasteiger partial charge in [0.05, 0.1) is 5.54 Å². The zero-order chi connectivity index (χ0) is 25.0. The summed E-state index contributed by atoms with van der Waals surface area (Å²) < 4.78 is 0. The van der Waals surface area contributed by atoms with Gasteiger partial charge in [-0.1, -0.05) is 116 Å². The Morgan fingerprint density at radius 3 is 1.73 bits per heavy atom. The molecule has 0 bridgehead atoms. The Morgan fingerprint density at radius 2 is 1.24 bits per heavy atom. The summed E-state index contributed by atoms with van der Waals surface area (Å²) in [6.07, 6.45) is 15.3. The van der Waals surface area contributed by atoms with Crippen LogP contribution in [-0.2, 0) is 0 Å². The van der Waals surface area contributed by atoms with Crippen LogP contribution in [0.1, 0.15) is 132 Å². The molecule has 1 aliphatic rings. The molecular weight excluding hydrogens is 446 g/mol. The molecule has 4 nitrogen and oxygen atoms in total. The lowest BCUT2D eigenvalue weighted by Crippen LogP contribution is -2.56. The third-order valence-corrected chi connectivity index (χ3v) is 8.30. The van der Waals surface area contributed by atoms with E-state index < -0.39 is 5.06 Å². The number of nitrogens with zero attached hydrogens (tertiary/aromatic N) is 3. The van der Waals surface area contributed by atoms with Crippen LogP contribution < -0.4 is 0 Å². The standard InChI is InChI=1S/C27H53N3OS2/c1-9-11-13-15-17-19-21-32-24-23(25(3,4)5)27(31,30(29-28-24)26(6,7)8)33-22-20-18-16-14-12-10-2/h31H,9-22H2,1-8H3. The summed E-state index contributed by atoms with van der Waals surface area (Å²) in [6.45, 7) is 17.4. The van der Waals surface area contributed by atoms with E-state index >= 15 is 0 Å². The summed E-state index contributed by atoms with van der Waals surface area (Å²) in [5.41, 5.74) is 0.500. The zero-order valence-corrected chi connectivity index (χ0v) is 24.6. The summed E-state index contributed by atoms with van der Waals surface area (Å²) in [5.74, 6) is 1.97. The van der Waals surface area contributed by atoms with Crippen molar-refractivity contribution in [3.8, 4) is 0 Å². The predicted octanol–water partition coefficient (Wildman–Crippen LogP) is 9.56. The summed E-state index contributed by atoms with van der Waals surface area (Å²) in [7, 11) is 0. The van der Waals surface area contributed by atoms with E-state index in [1.54, 1.807) is 23.5 Å². The van der Waals surface area contributed by atoms with Crippen LogP contribution in [0.5, 0.6) is 0 Å². The quantitative estimate of drug-likeness (QED) is 0.170. The topological polar surface area (TPSA) is 48.2 Å². The zero-order valence-electron chi connectivity index (χ0n) is 23.0. The molecule has 194 valence electrons. The van der Waals surface area contributed by atoms with Crippen LogP contribution >= 0.6 is 23.5 Å². The maximum Gasteiger partial charge on any atom is 0.230 e. The first-order valence-corrected chi connectivity index (χ1v) is 15.4. The van der Waals surface area contributed by atoms with Gasteiger partial charge in [0.2, 0.25) is 5.06 Å². The second-order valence-electron chi connectivity index (χ2n) is 11.4. The summed E-state index contributed by atoms with van der Waals surface area (Å²) in [4.78, 5) is 0. The number of hydrogen-bond donors (Lipinski definition) is 1. The number of thioether (sulfide) groups is 2. The molecule has 0 saturated carbocycles. The average molecular weight is 500 g/mol. The lowest BCUT2D eigenvalue weighted by molar-refractivity contribution is -0.0731. The summed E-state index contributed by atoms with van der Waals surface area (Å²) >= 11 is 3.43. The van der Waals surface area contributed by atoms with Gasteiger partial charge in [-0.05, 0) is 50.5 Å². The Morgan fingerprint density at radius 1 is 0.758 bits per heavy atom. The highest BCUT2D eigenvalue weighted by Crippen LogP contribution is 2.52. The highest BCUT2D eigenvalue weighted by atomic mass is 32.2. The van der Waals surface area contributed by atoms with Crippen molar-refractivity contribution >= 4 is 23.5 Å². The SMILES string of the molecule is CCCCCCCCSC1=C(C(C)(C)C)C(O)(SCCCCCCCC)N(C(C)(C)C)N=N1. The molecule has 1 heterocycles. The fourth-order valence-corrected chi connectivity index (χ4v) is 7.13. The van der Waals surface area contributed by atoms with Crippen LogP contribution in [0.15, 0.2) is 20.9 Å². The molecule has 0 aromatic carbocycles. The number of unbranched alkanes of at least 4 members (excludes halogenated alkanes) is 10.